The van der Waals surface area contributed by atoms with Crippen LogP contribution in [0.25, 0.3) is 11.1 Å². The molecule has 0 aliphatic rings. The fourth-order valence-electron chi connectivity index (χ4n) is 3.81. The van der Waals surface area contributed by atoms with Gasteiger partial charge < -0.3 is 9.47 Å². The molecule has 0 atom stereocenters. The summed E-state index contributed by atoms with van der Waals surface area (Å²) in [6.45, 7) is 4.76. The maximum atomic E-state index is 11.5. The van der Waals surface area contributed by atoms with E-state index < -0.39 is 0 Å². The normalized spacial score (nSPS) is 10.5. The van der Waals surface area contributed by atoms with Crippen LogP contribution in [0.4, 0.5) is 0 Å². The van der Waals surface area contributed by atoms with Crippen molar-refractivity contribution in [3.8, 4) is 28.7 Å². The molecule has 0 bridgehead atoms. The molecule has 0 unspecified atom stereocenters. The van der Waals surface area contributed by atoms with Crippen molar-refractivity contribution in [2.75, 3.05) is 0 Å². The first kappa shape index (κ1) is 24.2. The summed E-state index contributed by atoms with van der Waals surface area (Å²) in [6, 6.07) is 21.3. The van der Waals surface area contributed by atoms with E-state index in [-0.39, 0.29) is 6.61 Å². The van der Waals surface area contributed by atoms with Crippen LogP contribution in [0.5, 0.6) is 11.5 Å². The summed E-state index contributed by atoms with van der Waals surface area (Å²) in [5.41, 5.74) is 7.37. The molecular weight excluding hydrogens is 504 g/mol. The van der Waals surface area contributed by atoms with Crippen LogP contribution in [0.2, 0.25) is 0 Å². The highest BCUT2D eigenvalue weighted by Gasteiger charge is 2.12. The van der Waals surface area contributed by atoms with Gasteiger partial charge >= 0.3 is 0 Å². The van der Waals surface area contributed by atoms with E-state index in [0.29, 0.717) is 29.2 Å². The second kappa shape index (κ2) is 11.0. The van der Waals surface area contributed by atoms with Gasteiger partial charge in [0.25, 0.3) is 0 Å². The summed E-state index contributed by atoms with van der Waals surface area (Å²) in [6.07, 6.45) is 3.87. The Bertz CT molecular complexity index is 1430. The molecule has 0 amide bonds. The zero-order valence-electron chi connectivity index (χ0n) is 19.4. The minimum absolute atomic E-state index is 0.181. The van der Waals surface area contributed by atoms with Crippen molar-refractivity contribution >= 4 is 22.2 Å². The lowest BCUT2D eigenvalue weighted by atomic mass is 9.94. The van der Waals surface area contributed by atoms with Crippen molar-refractivity contribution in [2.24, 2.45) is 0 Å². The van der Waals surface area contributed by atoms with E-state index in [1.165, 1.54) is 22.9 Å². The number of rotatable bonds is 8. The van der Waals surface area contributed by atoms with Gasteiger partial charge in [-0.15, -0.1) is 0 Å². The molecule has 1 heterocycles. The van der Waals surface area contributed by atoms with Crippen LogP contribution in [-0.2, 0) is 13.2 Å². The van der Waals surface area contributed by atoms with Crippen LogP contribution in [0.1, 0.15) is 38.2 Å². The molecule has 0 saturated heterocycles. The number of carbonyl (C=O) groups excluding carboxylic acids is 1. The van der Waals surface area contributed by atoms with Gasteiger partial charge in [0.15, 0.2) is 6.29 Å². The number of carbonyl (C=O) groups is 1. The Kier molecular flexibility index (Phi) is 7.59. The number of nitrogens with zero attached hydrogens (tertiary/aromatic N) is 2. The zero-order chi connectivity index (χ0) is 24.8. The molecule has 4 rings (SSSR count). The number of benzene rings is 3. The first-order valence-corrected chi connectivity index (χ1v) is 11.8. The van der Waals surface area contributed by atoms with Crippen LogP contribution in [-0.4, -0.2) is 11.3 Å². The summed E-state index contributed by atoms with van der Waals surface area (Å²) >= 11 is 3.62. The molecule has 0 aliphatic carbocycles. The van der Waals surface area contributed by atoms with Gasteiger partial charge in [-0.3, -0.25) is 9.78 Å². The molecule has 3 aromatic carbocycles. The van der Waals surface area contributed by atoms with Gasteiger partial charge in [0.05, 0.1) is 11.1 Å². The van der Waals surface area contributed by atoms with E-state index in [1.807, 2.05) is 18.2 Å². The maximum Gasteiger partial charge on any atom is 0.153 e. The highest BCUT2D eigenvalue weighted by atomic mass is 79.9. The number of pyridine rings is 1. The standard InChI is InChI=1S/C29H23BrN2O3/c1-19-24(5-3-6-26(19)27-7-4-8-28(30)20(27)2)18-34-25-10-9-23(16-33)29(12-25)35-17-22-11-21(13-31)14-32-15-22/h3-12,14-16H,17-18H2,1-2H3. The predicted octanol–water partition coefficient (Wildman–Crippen LogP) is 6.97. The molecule has 6 heteroatoms. The quantitative estimate of drug-likeness (QED) is 0.232. The van der Waals surface area contributed by atoms with Crippen molar-refractivity contribution < 1.29 is 14.3 Å². The lowest BCUT2D eigenvalue weighted by molar-refractivity contribution is 0.111. The summed E-state index contributed by atoms with van der Waals surface area (Å²) in [4.78, 5) is 15.6. The van der Waals surface area contributed by atoms with Crippen LogP contribution in [0, 0.1) is 25.2 Å². The van der Waals surface area contributed by atoms with Gasteiger partial charge in [-0.1, -0.05) is 46.3 Å². The Balaban J connectivity index is 1.52. The molecule has 0 saturated carbocycles. The average Bonchev–Trinajstić information content (AvgIpc) is 2.89. The van der Waals surface area contributed by atoms with Crippen LogP contribution < -0.4 is 9.47 Å². The van der Waals surface area contributed by atoms with Crippen LogP contribution in [0.15, 0.2) is 77.5 Å². The van der Waals surface area contributed by atoms with E-state index in [9.17, 15) is 4.79 Å². The number of hydrogen-bond acceptors (Lipinski definition) is 5. The molecule has 0 radical (unpaired) electrons. The first-order valence-electron chi connectivity index (χ1n) is 11.0. The summed E-state index contributed by atoms with van der Waals surface area (Å²) in [5.74, 6) is 1.01. The largest absolute Gasteiger partial charge is 0.489 e. The Morgan fingerprint density at radius 2 is 1.71 bits per heavy atom. The number of ether oxygens (including phenoxy) is 2. The lowest BCUT2D eigenvalue weighted by Crippen LogP contribution is -2.02. The van der Waals surface area contributed by atoms with Crippen molar-refractivity contribution in [1.29, 1.82) is 5.26 Å². The molecule has 174 valence electrons. The fourth-order valence-corrected chi connectivity index (χ4v) is 4.17. The molecule has 4 aromatic rings. The number of nitriles is 1. The van der Waals surface area contributed by atoms with Gasteiger partial charge in [-0.2, -0.15) is 5.26 Å². The second-order valence-electron chi connectivity index (χ2n) is 8.09. The number of aldehydes is 1. The zero-order valence-corrected chi connectivity index (χ0v) is 21.0. The van der Waals surface area contributed by atoms with Crippen molar-refractivity contribution in [3.63, 3.8) is 0 Å². The van der Waals surface area contributed by atoms with Gasteiger partial charge in [0.2, 0.25) is 0 Å². The Hall–Kier alpha value is -3.95. The van der Waals surface area contributed by atoms with E-state index >= 15 is 0 Å². The SMILES string of the molecule is Cc1c(Br)cccc1-c1cccc(COc2ccc(C=O)c(OCc3cncc(C#N)c3)c2)c1C. The van der Waals surface area contributed by atoms with E-state index in [1.54, 1.807) is 30.5 Å². The van der Waals surface area contributed by atoms with E-state index in [4.69, 9.17) is 14.7 Å². The minimum atomic E-state index is 0.181. The third kappa shape index (κ3) is 5.59. The molecule has 0 aliphatic heterocycles. The minimum Gasteiger partial charge on any atom is -0.489 e. The highest BCUT2D eigenvalue weighted by molar-refractivity contribution is 9.10. The molecule has 0 spiro atoms. The Labute approximate surface area is 213 Å². The van der Waals surface area contributed by atoms with Gasteiger partial charge in [0, 0.05) is 28.5 Å². The summed E-state index contributed by atoms with van der Waals surface area (Å²) < 4.78 is 13.0. The summed E-state index contributed by atoms with van der Waals surface area (Å²) in [5, 5.41) is 9.05. The third-order valence-electron chi connectivity index (χ3n) is 5.83. The average molecular weight is 527 g/mol. The van der Waals surface area contributed by atoms with Crippen LogP contribution >= 0.6 is 15.9 Å². The third-order valence-corrected chi connectivity index (χ3v) is 6.69. The second-order valence-corrected chi connectivity index (χ2v) is 8.94. The van der Waals surface area contributed by atoms with Gasteiger partial charge in [-0.05, 0) is 65.9 Å². The number of aromatic nitrogens is 1. The molecular formula is C29H23BrN2O3. The van der Waals surface area contributed by atoms with Gasteiger partial charge in [0.1, 0.15) is 30.8 Å². The molecule has 5 nitrogen and oxygen atoms in total. The first-order chi connectivity index (χ1) is 17.0. The smallest absolute Gasteiger partial charge is 0.153 e. The number of halogens is 1. The predicted molar refractivity (Wildman–Crippen MR) is 138 cm³/mol. The lowest BCUT2D eigenvalue weighted by Gasteiger charge is -2.16. The molecule has 35 heavy (non-hydrogen) atoms. The number of hydrogen-bond donors (Lipinski definition) is 0. The molecule has 0 fully saturated rings. The van der Waals surface area contributed by atoms with Crippen molar-refractivity contribution in [1.82, 2.24) is 4.98 Å². The molecule has 1 aromatic heterocycles. The monoisotopic (exact) mass is 526 g/mol. The maximum absolute atomic E-state index is 11.5. The Morgan fingerprint density at radius 3 is 2.49 bits per heavy atom. The van der Waals surface area contributed by atoms with Crippen molar-refractivity contribution in [2.45, 2.75) is 27.1 Å². The van der Waals surface area contributed by atoms with E-state index in [0.717, 1.165) is 27.4 Å². The fraction of sp³-hybridized carbons (Fsp3) is 0.138. The molecule has 0 N–H and O–H groups in total. The Morgan fingerprint density at radius 1 is 0.943 bits per heavy atom. The van der Waals surface area contributed by atoms with E-state index in [2.05, 4.69) is 59.0 Å². The van der Waals surface area contributed by atoms with Gasteiger partial charge in [-0.25, -0.2) is 0 Å². The van der Waals surface area contributed by atoms with Crippen molar-refractivity contribution in [3.05, 3.63) is 111 Å². The highest BCUT2D eigenvalue weighted by Crippen LogP contribution is 2.33. The summed E-state index contributed by atoms with van der Waals surface area (Å²) in [7, 11) is 0. The van der Waals surface area contributed by atoms with Crippen LogP contribution in [0.3, 0.4) is 0 Å². The topological polar surface area (TPSA) is 72.2 Å².